The molecule has 4 N–H and O–H groups in total. The van der Waals surface area contributed by atoms with Gasteiger partial charge in [0.05, 0.1) is 13.2 Å². The van der Waals surface area contributed by atoms with Crippen molar-refractivity contribution in [3.05, 3.63) is 29.3 Å². The molecule has 1 aromatic carbocycles. The van der Waals surface area contributed by atoms with E-state index in [1.165, 1.54) is 5.56 Å². The molecule has 0 amide bonds. The van der Waals surface area contributed by atoms with Crippen LogP contribution in [0.5, 0.6) is 5.75 Å². The van der Waals surface area contributed by atoms with Gasteiger partial charge >= 0.3 is 0 Å². The number of ether oxygens (including phenoxy) is 2. The van der Waals surface area contributed by atoms with Crippen molar-refractivity contribution in [2.75, 3.05) is 26.9 Å². The molecular formula is C13H22N2O2. The fourth-order valence-corrected chi connectivity index (χ4v) is 1.68. The minimum Gasteiger partial charge on any atom is -0.494 e. The molecule has 0 aliphatic rings. The second-order valence-electron chi connectivity index (χ2n) is 3.89. The lowest BCUT2D eigenvalue weighted by atomic mass is 10.0. The Kier molecular flexibility index (Phi) is 5.97. The van der Waals surface area contributed by atoms with Crippen molar-refractivity contribution in [2.24, 2.45) is 11.5 Å². The molecule has 1 aromatic rings. The van der Waals surface area contributed by atoms with Crippen LogP contribution in [0.15, 0.2) is 18.2 Å². The first-order chi connectivity index (χ1) is 8.22. The highest BCUT2D eigenvalue weighted by Gasteiger charge is 2.11. The Morgan fingerprint density at radius 1 is 1.35 bits per heavy atom. The Morgan fingerprint density at radius 2 is 2.12 bits per heavy atom. The topological polar surface area (TPSA) is 70.5 Å². The number of rotatable bonds is 7. The number of hydrogen-bond donors (Lipinski definition) is 2. The van der Waals surface area contributed by atoms with Crippen molar-refractivity contribution >= 4 is 0 Å². The van der Waals surface area contributed by atoms with Gasteiger partial charge in [-0.2, -0.15) is 0 Å². The molecule has 0 aliphatic carbocycles. The van der Waals surface area contributed by atoms with Gasteiger partial charge in [-0.05, 0) is 25.0 Å². The molecule has 0 aliphatic heterocycles. The summed E-state index contributed by atoms with van der Waals surface area (Å²) in [5.41, 5.74) is 13.8. The summed E-state index contributed by atoms with van der Waals surface area (Å²) in [4.78, 5) is 0. The van der Waals surface area contributed by atoms with Crippen LogP contribution in [0.3, 0.4) is 0 Å². The molecule has 0 bridgehead atoms. The molecule has 1 atom stereocenters. The third kappa shape index (κ3) is 4.00. The molecule has 1 unspecified atom stereocenters. The summed E-state index contributed by atoms with van der Waals surface area (Å²) >= 11 is 0. The molecule has 96 valence electrons. The van der Waals surface area contributed by atoms with Gasteiger partial charge in [-0.3, -0.25) is 0 Å². The van der Waals surface area contributed by atoms with Crippen molar-refractivity contribution in [1.82, 2.24) is 0 Å². The Hall–Kier alpha value is -1.10. The van der Waals surface area contributed by atoms with Gasteiger partial charge in [-0.25, -0.2) is 0 Å². The van der Waals surface area contributed by atoms with E-state index in [0.717, 1.165) is 17.7 Å². The molecule has 4 heteroatoms. The molecule has 0 radical (unpaired) electrons. The van der Waals surface area contributed by atoms with E-state index in [9.17, 15) is 0 Å². The van der Waals surface area contributed by atoms with E-state index in [2.05, 4.69) is 6.07 Å². The molecular weight excluding hydrogens is 216 g/mol. The fourth-order valence-electron chi connectivity index (χ4n) is 1.68. The van der Waals surface area contributed by atoms with Crippen LogP contribution in [-0.2, 0) is 11.2 Å². The van der Waals surface area contributed by atoms with Crippen molar-refractivity contribution in [3.8, 4) is 5.75 Å². The van der Waals surface area contributed by atoms with Gasteiger partial charge in [-0.1, -0.05) is 12.1 Å². The molecule has 0 heterocycles. The monoisotopic (exact) mass is 238 g/mol. The van der Waals surface area contributed by atoms with E-state index >= 15 is 0 Å². The highest BCUT2D eigenvalue weighted by molar-refractivity contribution is 5.39. The third-order valence-corrected chi connectivity index (χ3v) is 2.62. The summed E-state index contributed by atoms with van der Waals surface area (Å²) in [5.74, 6) is 0.826. The zero-order valence-corrected chi connectivity index (χ0v) is 10.6. The zero-order valence-electron chi connectivity index (χ0n) is 10.6. The van der Waals surface area contributed by atoms with E-state index < -0.39 is 0 Å². The normalized spacial score (nSPS) is 12.5. The van der Waals surface area contributed by atoms with Gasteiger partial charge in [0.15, 0.2) is 0 Å². The molecule has 0 saturated carbocycles. The standard InChI is InChI=1S/C13H22N2O2/c1-3-17-13-5-4-10(6-7-16-2)8-11(13)12(15)9-14/h4-5,8,12H,3,6-7,9,14-15H2,1-2H3. The lowest BCUT2D eigenvalue weighted by Gasteiger charge is -2.16. The van der Waals surface area contributed by atoms with Gasteiger partial charge in [0.25, 0.3) is 0 Å². The molecule has 0 fully saturated rings. The van der Waals surface area contributed by atoms with Crippen LogP contribution < -0.4 is 16.2 Å². The maximum Gasteiger partial charge on any atom is 0.124 e. The van der Waals surface area contributed by atoms with E-state index in [1.807, 2.05) is 19.1 Å². The highest BCUT2D eigenvalue weighted by atomic mass is 16.5. The maximum atomic E-state index is 5.99. The zero-order chi connectivity index (χ0) is 12.7. The largest absolute Gasteiger partial charge is 0.494 e. The van der Waals surface area contributed by atoms with E-state index in [-0.39, 0.29) is 6.04 Å². The van der Waals surface area contributed by atoms with Crippen LogP contribution >= 0.6 is 0 Å². The second kappa shape index (κ2) is 7.27. The van der Waals surface area contributed by atoms with Gasteiger partial charge in [0, 0.05) is 25.3 Å². The first-order valence-corrected chi connectivity index (χ1v) is 5.93. The number of methoxy groups -OCH3 is 1. The van der Waals surface area contributed by atoms with Crippen molar-refractivity contribution in [2.45, 2.75) is 19.4 Å². The predicted molar refractivity (Wildman–Crippen MR) is 69.2 cm³/mol. The van der Waals surface area contributed by atoms with Crippen molar-refractivity contribution in [1.29, 1.82) is 0 Å². The first-order valence-electron chi connectivity index (χ1n) is 5.93. The molecule has 0 saturated heterocycles. The number of nitrogens with two attached hydrogens (primary N) is 2. The van der Waals surface area contributed by atoms with Gasteiger partial charge in [0.2, 0.25) is 0 Å². The number of hydrogen-bond acceptors (Lipinski definition) is 4. The highest BCUT2D eigenvalue weighted by Crippen LogP contribution is 2.25. The maximum absolute atomic E-state index is 5.99. The Morgan fingerprint density at radius 3 is 2.71 bits per heavy atom. The molecule has 0 spiro atoms. The lowest BCUT2D eigenvalue weighted by Crippen LogP contribution is -2.21. The quantitative estimate of drug-likeness (QED) is 0.749. The van der Waals surface area contributed by atoms with Crippen LogP contribution in [-0.4, -0.2) is 26.9 Å². The van der Waals surface area contributed by atoms with Crippen LogP contribution in [0.2, 0.25) is 0 Å². The predicted octanol–water partition coefficient (Wildman–Crippen LogP) is 1.23. The van der Waals surface area contributed by atoms with Crippen LogP contribution in [0.4, 0.5) is 0 Å². The minimum atomic E-state index is -0.181. The fraction of sp³-hybridized carbons (Fsp3) is 0.538. The summed E-state index contributed by atoms with van der Waals surface area (Å²) in [5, 5.41) is 0. The molecule has 0 aromatic heterocycles. The van der Waals surface area contributed by atoms with Gasteiger partial charge < -0.3 is 20.9 Å². The first kappa shape index (κ1) is 14.0. The van der Waals surface area contributed by atoms with Crippen molar-refractivity contribution in [3.63, 3.8) is 0 Å². The molecule has 17 heavy (non-hydrogen) atoms. The molecule has 1 rings (SSSR count). The van der Waals surface area contributed by atoms with Crippen LogP contribution in [0.1, 0.15) is 24.1 Å². The lowest BCUT2D eigenvalue weighted by molar-refractivity contribution is 0.202. The second-order valence-corrected chi connectivity index (χ2v) is 3.89. The van der Waals surface area contributed by atoms with Crippen LogP contribution in [0, 0.1) is 0 Å². The Balaban J connectivity index is 2.92. The summed E-state index contributed by atoms with van der Waals surface area (Å²) in [6.45, 7) is 3.69. The average molecular weight is 238 g/mol. The number of benzene rings is 1. The summed E-state index contributed by atoms with van der Waals surface area (Å²) in [6.07, 6.45) is 0.868. The SMILES string of the molecule is CCOc1ccc(CCOC)cc1C(N)CN. The third-order valence-electron chi connectivity index (χ3n) is 2.62. The van der Waals surface area contributed by atoms with E-state index in [0.29, 0.717) is 19.8 Å². The van der Waals surface area contributed by atoms with Crippen molar-refractivity contribution < 1.29 is 9.47 Å². The van der Waals surface area contributed by atoms with Gasteiger partial charge in [-0.15, -0.1) is 0 Å². The minimum absolute atomic E-state index is 0.181. The van der Waals surface area contributed by atoms with E-state index in [1.54, 1.807) is 7.11 Å². The average Bonchev–Trinajstić information content (AvgIpc) is 2.37. The van der Waals surface area contributed by atoms with Gasteiger partial charge in [0.1, 0.15) is 5.75 Å². The molecule has 4 nitrogen and oxygen atoms in total. The summed E-state index contributed by atoms with van der Waals surface area (Å²) < 4.78 is 10.6. The summed E-state index contributed by atoms with van der Waals surface area (Å²) in [7, 11) is 1.70. The Bertz CT molecular complexity index is 342. The van der Waals surface area contributed by atoms with Crippen LogP contribution in [0.25, 0.3) is 0 Å². The Labute approximate surface area is 103 Å². The van der Waals surface area contributed by atoms with E-state index in [4.69, 9.17) is 20.9 Å². The summed E-state index contributed by atoms with van der Waals surface area (Å²) in [6, 6.07) is 5.87. The smallest absolute Gasteiger partial charge is 0.124 e.